The van der Waals surface area contributed by atoms with Gasteiger partial charge in [0.1, 0.15) is 6.10 Å². The highest BCUT2D eigenvalue weighted by Gasteiger charge is 2.22. The lowest BCUT2D eigenvalue weighted by Crippen LogP contribution is -2.18. The Morgan fingerprint density at radius 2 is 1.35 bits per heavy atom. The van der Waals surface area contributed by atoms with Crippen molar-refractivity contribution in [2.75, 3.05) is 0 Å². The van der Waals surface area contributed by atoms with Gasteiger partial charge in [0.25, 0.3) is 0 Å². The first-order valence-corrected chi connectivity index (χ1v) is 13.0. The number of rotatable bonds is 8. The minimum atomic E-state index is -0.698. The quantitative estimate of drug-likeness (QED) is 0.258. The fourth-order valence-corrected chi connectivity index (χ4v) is 3.82. The maximum Gasteiger partial charge on any atom is 0.119 e. The minimum absolute atomic E-state index is 0.0289. The highest BCUT2D eigenvalue weighted by molar-refractivity contribution is 9.11. The molecule has 0 aliphatic carbocycles. The maximum atomic E-state index is 10.9. The van der Waals surface area contributed by atoms with Crippen molar-refractivity contribution in [3.8, 4) is 0 Å². The van der Waals surface area contributed by atoms with Gasteiger partial charge in [-0.3, -0.25) is 0 Å². The minimum Gasteiger partial charge on any atom is -0.382 e. The van der Waals surface area contributed by atoms with E-state index in [9.17, 15) is 5.11 Å². The molecule has 3 aromatic rings. The molecule has 0 aliphatic rings. The number of aliphatic hydroxyl groups is 1. The molecule has 0 saturated heterocycles. The van der Waals surface area contributed by atoms with Crippen LogP contribution in [0, 0.1) is 13.8 Å². The molecule has 1 aromatic heterocycles. The number of aromatic nitrogens is 1. The monoisotopic (exact) mass is 524 g/mol. The Bertz CT molecular complexity index is 1020. The average Bonchev–Trinajstić information content (AvgIpc) is 3.32. The number of halogens is 1. The molecule has 0 saturated carbocycles. The number of aromatic amines is 1. The first-order valence-electron chi connectivity index (χ1n) is 12.2. The van der Waals surface area contributed by atoms with Gasteiger partial charge < -0.3 is 15.4 Å². The second kappa shape index (κ2) is 15.4. The third-order valence-corrected chi connectivity index (χ3v) is 5.35. The largest absolute Gasteiger partial charge is 0.382 e. The fourth-order valence-electron chi connectivity index (χ4n) is 3.59. The normalized spacial score (nSPS) is 12.4. The van der Waals surface area contributed by atoms with Gasteiger partial charge in [0.2, 0.25) is 0 Å². The Kier molecular flexibility index (Phi) is 13.3. The van der Waals surface area contributed by atoms with Crippen molar-refractivity contribution >= 4 is 15.9 Å². The van der Waals surface area contributed by atoms with Gasteiger partial charge in [-0.05, 0) is 59.5 Å². The van der Waals surface area contributed by atoms with Crippen LogP contribution in [-0.4, -0.2) is 10.1 Å². The predicted molar refractivity (Wildman–Crippen MR) is 151 cm³/mol. The molecule has 0 amide bonds. The van der Waals surface area contributed by atoms with E-state index in [-0.39, 0.29) is 5.92 Å². The van der Waals surface area contributed by atoms with E-state index in [1.165, 1.54) is 16.7 Å². The van der Waals surface area contributed by atoms with Crippen LogP contribution in [0.1, 0.15) is 86.7 Å². The van der Waals surface area contributed by atoms with Crippen molar-refractivity contribution in [3.63, 3.8) is 0 Å². The Labute approximate surface area is 215 Å². The SMILES string of the molecule is C=C(Br)N/C(=C\CC)C(c1ccc(C)cc1)c1ccc(C(O)c2ccc(C)cc2)[nH]1.CC.CC. The number of hydrogen-bond donors (Lipinski definition) is 3. The third kappa shape index (κ3) is 8.34. The van der Waals surface area contributed by atoms with E-state index in [1.807, 2.05) is 65.0 Å². The summed E-state index contributed by atoms with van der Waals surface area (Å²) in [5.74, 6) is -0.0289. The molecule has 184 valence electrons. The molecule has 0 radical (unpaired) electrons. The molecule has 2 atom stereocenters. The summed E-state index contributed by atoms with van der Waals surface area (Å²) >= 11 is 3.44. The number of H-pyrrole nitrogens is 1. The summed E-state index contributed by atoms with van der Waals surface area (Å²) in [7, 11) is 0. The van der Waals surface area contributed by atoms with E-state index in [0.29, 0.717) is 4.61 Å². The van der Waals surface area contributed by atoms with Crippen LogP contribution < -0.4 is 5.32 Å². The highest BCUT2D eigenvalue weighted by atomic mass is 79.9. The van der Waals surface area contributed by atoms with E-state index < -0.39 is 6.10 Å². The summed E-state index contributed by atoms with van der Waals surface area (Å²) in [6.07, 6.45) is 2.37. The van der Waals surface area contributed by atoms with Crippen LogP contribution >= 0.6 is 15.9 Å². The molecular formula is C30H41BrN2O. The van der Waals surface area contributed by atoms with E-state index in [1.54, 1.807) is 0 Å². The lowest BCUT2D eigenvalue weighted by atomic mass is 9.91. The molecule has 1 heterocycles. The van der Waals surface area contributed by atoms with Gasteiger partial charge >= 0.3 is 0 Å². The van der Waals surface area contributed by atoms with E-state index in [4.69, 9.17) is 0 Å². The standard InChI is InChI=1S/C26H29BrN2O.2C2H6/c1-5-6-22(28-19(4)27)25(20-11-7-17(2)8-12-20)23-15-16-24(29-23)26(30)21-13-9-18(3)10-14-21;2*1-2/h6-16,25-26,28-30H,4-5H2,1-3H3;2*1-2H3/b22-6-;;. The first kappa shape index (κ1) is 29.5. The summed E-state index contributed by atoms with van der Waals surface area (Å²) in [4.78, 5) is 3.48. The summed E-state index contributed by atoms with van der Waals surface area (Å²) in [5, 5.41) is 14.3. The van der Waals surface area contributed by atoms with Gasteiger partial charge in [-0.2, -0.15) is 0 Å². The van der Waals surface area contributed by atoms with Crippen LogP contribution in [-0.2, 0) is 0 Å². The zero-order valence-electron chi connectivity index (χ0n) is 21.7. The molecule has 2 aromatic carbocycles. The predicted octanol–water partition coefficient (Wildman–Crippen LogP) is 8.65. The molecule has 3 rings (SSSR count). The summed E-state index contributed by atoms with van der Waals surface area (Å²) in [5.41, 5.74) is 7.27. The van der Waals surface area contributed by atoms with Gasteiger partial charge in [-0.25, -0.2) is 0 Å². The number of allylic oxidation sites excluding steroid dienone is 2. The van der Waals surface area contributed by atoms with E-state index in [0.717, 1.165) is 29.1 Å². The molecule has 2 unspecified atom stereocenters. The molecule has 3 nitrogen and oxygen atoms in total. The topological polar surface area (TPSA) is 48.0 Å². The van der Waals surface area contributed by atoms with Crippen molar-refractivity contribution < 1.29 is 5.11 Å². The Morgan fingerprint density at radius 1 is 0.882 bits per heavy atom. The average molecular weight is 526 g/mol. The van der Waals surface area contributed by atoms with Crippen molar-refractivity contribution in [3.05, 3.63) is 117 Å². The number of hydrogen-bond acceptors (Lipinski definition) is 2. The zero-order valence-corrected chi connectivity index (χ0v) is 23.3. The maximum absolute atomic E-state index is 10.9. The zero-order chi connectivity index (χ0) is 25.7. The van der Waals surface area contributed by atoms with Crippen LogP contribution in [0.5, 0.6) is 0 Å². The molecule has 0 fully saturated rings. The van der Waals surface area contributed by atoms with Crippen LogP contribution in [0.15, 0.2) is 83.6 Å². The molecule has 34 heavy (non-hydrogen) atoms. The van der Waals surface area contributed by atoms with Crippen molar-refractivity contribution in [1.82, 2.24) is 10.3 Å². The van der Waals surface area contributed by atoms with E-state index in [2.05, 4.69) is 83.1 Å². The van der Waals surface area contributed by atoms with Crippen molar-refractivity contribution in [2.45, 2.75) is 66.9 Å². The number of benzene rings is 2. The fraction of sp³-hybridized carbons (Fsp3) is 0.333. The summed E-state index contributed by atoms with van der Waals surface area (Å²) in [6, 6.07) is 20.6. The lowest BCUT2D eigenvalue weighted by molar-refractivity contribution is 0.216. The van der Waals surface area contributed by atoms with Crippen molar-refractivity contribution in [2.24, 2.45) is 0 Å². The van der Waals surface area contributed by atoms with Crippen LogP contribution in [0.3, 0.4) is 0 Å². The van der Waals surface area contributed by atoms with Gasteiger partial charge in [-0.15, -0.1) is 0 Å². The number of nitrogens with one attached hydrogen (secondary N) is 2. The van der Waals surface area contributed by atoms with Crippen LogP contribution in [0.4, 0.5) is 0 Å². The third-order valence-electron chi connectivity index (χ3n) is 5.16. The Hall–Kier alpha value is -2.56. The molecule has 0 aliphatic heterocycles. The van der Waals surface area contributed by atoms with Gasteiger partial charge in [-0.1, -0.05) is 107 Å². The van der Waals surface area contributed by atoms with Crippen molar-refractivity contribution in [1.29, 1.82) is 0 Å². The molecule has 3 N–H and O–H groups in total. The molecule has 0 spiro atoms. The van der Waals surface area contributed by atoms with Gasteiger partial charge in [0, 0.05) is 17.1 Å². The second-order valence-electron chi connectivity index (χ2n) is 7.62. The summed E-state index contributed by atoms with van der Waals surface area (Å²) < 4.78 is 0.714. The molecular weight excluding hydrogens is 484 g/mol. The van der Waals surface area contributed by atoms with Crippen LogP contribution in [0.25, 0.3) is 0 Å². The molecule has 4 heteroatoms. The van der Waals surface area contributed by atoms with Gasteiger partial charge in [0.15, 0.2) is 0 Å². The molecule has 0 bridgehead atoms. The Morgan fingerprint density at radius 3 is 1.82 bits per heavy atom. The Balaban J connectivity index is 0.00000137. The summed E-state index contributed by atoms with van der Waals surface area (Å²) in [6.45, 7) is 18.2. The smallest absolute Gasteiger partial charge is 0.119 e. The highest BCUT2D eigenvalue weighted by Crippen LogP contribution is 2.33. The lowest BCUT2D eigenvalue weighted by Gasteiger charge is -2.22. The van der Waals surface area contributed by atoms with Crippen LogP contribution in [0.2, 0.25) is 0 Å². The number of aryl methyl sites for hydroxylation is 2. The number of aliphatic hydroxyl groups excluding tert-OH is 1. The second-order valence-corrected chi connectivity index (χ2v) is 8.58. The van der Waals surface area contributed by atoms with E-state index >= 15 is 0 Å². The van der Waals surface area contributed by atoms with Gasteiger partial charge in [0.05, 0.1) is 10.5 Å². The first-order chi connectivity index (χ1) is 16.4.